The van der Waals surface area contributed by atoms with Crippen molar-refractivity contribution in [2.45, 2.75) is 44.6 Å². The summed E-state index contributed by atoms with van der Waals surface area (Å²) >= 11 is 0. The summed E-state index contributed by atoms with van der Waals surface area (Å²) in [5, 5.41) is 3.36. The van der Waals surface area contributed by atoms with Crippen LogP contribution in [0.25, 0.3) is 0 Å². The first-order valence-electron chi connectivity index (χ1n) is 7.67. The monoisotopic (exact) mass is 275 g/mol. The minimum atomic E-state index is -0.343. The number of benzene rings is 1. The lowest BCUT2D eigenvalue weighted by Gasteiger charge is -2.23. The molecule has 1 aromatic rings. The summed E-state index contributed by atoms with van der Waals surface area (Å²) in [6.45, 7) is 0.874. The van der Waals surface area contributed by atoms with Crippen LogP contribution >= 0.6 is 0 Å². The summed E-state index contributed by atoms with van der Waals surface area (Å²) in [7, 11) is 1.45. The van der Waals surface area contributed by atoms with Crippen LogP contribution in [0, 0.1) is 5.92 Å². The SMILES string of the molecule is COC(=O)C(NCCC1CCCCC1)c1ccccc1. The molecule has 0 amide bonds. The Hall–Kier alpha value is -1.35. The van der Waals surface area contributed by atoms with Crippen molar-refractivity contribution >= 4 is 5.97 Å². The van der Waals surface area contributed by atoms with E-state index >= 15 is 0 Å². The van der Waals surface area contributed by atoms with E-state index in [1.54, 1.807) is 0 Å². The Labute approximate surface area is 121 Å². The molecule has 1 aliphatic carbocycles. The fourth-order valence-electron chi connectivity index (χ4n) is 3.01. The van der Waals surface area contributed by atoms with Gasteiger partial charge in [0.25, 0.3) is 0 Å². The Kier molecular flexibility index (Phi) is 6.06. The first kappa shape index (κ1) is 15.0. The Bertz CT molecular complexity index is 399. The molecule has 3 nitrogen and oxygen atoms in total. The van der Waals surface area contributed by atoms with Gasteiger partial charge in [0.2, 0.25) is 0 Å². The van der Waals surface area contributed by atoms with E-state index in [1.807, 2.05) is 30.3 Å². The zero-order valence-corrected chi connectivity index (χ0v) is 12.3. The molecule has 20 heavy (non-hydrogen) atoms. The molecule has 1 aromatic carbocycles. The van der Waals surface area contributed by atoms with Crippen molar-refractivity contribution < 1.29 is 9.53 Å². The number of hydrogen-bond acceptors (Lipinski definition) is 3. The molecule has 0 saturated heterocycles. The fraction of sp³-hybridized carbons (Fsp3) is 0.588. The van der Waals surface area contributed by atoms with E-state index in [-0.39, 0.29) is 12.0 Å². The zero-order valence-electron chi connectivity index (χ0n) is 12.3. The number of carbonyl (C=O) groups is 1. The maximum atomic E-state index is 11.9. The van der Waals surface area contributed by atoms with Gasteiger partial charge in [-0.25, -0.2) is 4.79 Å². The van der Waals surface area contributed by atoms with Gasteiger partial charge in [0.15, 0.2) is 0 Å². The minimum Gasteiger partial charge on any atom is -0.468 e. The van der Waals surface area contributed by atoms with Crippen molar-refractivity contribution in [1.29, 1.82) is 0 Å². The molecule has 0 heterocycles. The van der Waals surface area contributed by atoms with Gasteiger partial charge in [0, 0.05) is 0 Å². The highest BCUT2D eigenvalue weighted by atomic mass is 16.5. The Balaban J connectivity index is 1.86. The molecule has 110 valence electrons. The number of esters is 1. The molecular formula is C17H25NO2. The van der Waals surface area contributed by atoms with Crippen LogP contribution in [-0.2, 0) is 9.53 Å². The smallest absolute Gasteiger partial charge is 0.327 e. The van der Waals surface area contributed by atoms with Gasteiger partial charge in [-0.3, -0.25) is 0 Å². The van der Waals surface area contributed by atoms with Crippen LogP contribution in [0.4, 0.5) is 0 Å². The van der Waals surface area contributed by atoms with Gasteiger partial charge >= 0.3 is 5.97 Å². The van der Waals surface area contributed by atoms with Crippen LogP contribution in [-0.4, -0.2) is 19.6 Å². The minimum absolute atomic E-state index is 0.208. The Morgan fingerprint density at radius 2 is 1.95 bits per heavy atom. The molecule has 0 aliphatic heterocycles. The molecule has 1 N–H and O–H groups in total. The van der Waals surface area contributed by atoms with Crippen molar-refractivity contribution in [1.82, 2.24) is 5.32 Å². The maximum Gasteiger partial charge on any atom is 0.327 e. The quantitative estimate of drug-likeness (QED) is 0.808. The zero-order chi connectivity index (χ0) is 14.2. The molecule has 0 spiro atoms. The summed E-state index contributed by atoms with van der Waals surface area (Å²) in [6, 6.07) is 9.46. The molecule has 0 aromatic heterocycles. The molecule has 0 radical (unpaired) electrons. The third kappa shape index (κ3) is 4.34. The summed E-state index contributed by atoms with van der Waals surface area (Å²) in [6.07, 6.45) is 7.96. The second kappa shape index (κ2) is 8.05. The first-order chi connectivity index (χ1) is 9.81. The van der Waals surface area contributed by atoms with Crippen LogP contribution < -0.4 is 5.32 Å². The highest BCUT2D eigenvalue weighted by Crippen LogP contribution is 2.26. The lowest BCUT2D eigenvalue weighted by atomic mass is 9.87. The van der Waals surface area contributed by atoms with E-state index in [2.05, 4.69) is 5.32 Å². The molecule has 0 bridgehead atoms. The predicted octanol–water partition coefficient (Wildman–Crippen LogP) is 3.46. The van der Waals surface area contributed by atoms with Gasteiger partial charge in [-0.15, -0.1) is 0 Å². The van der Waals surface area contributed by atoms with Crippen LogP contribution in [0.15, 0.2) is 30.3 Å². The lowest BCUT2D eigenvalue weighted by molar-refractivity contribution is -0.143. The summed E-state index contributed by atoms with van der Waals surface area (Å²) in [5.41, 5.74) is 0.975. The number of methoxy groups -OCH3 is 1. The standard InChI is InChI=1S/C17H25NO2/c1-20-17(19)16(15-10-6-3-7-11-15)18-13-12-14-8-4-2-5-9-14/h3,6-7,10-11,14,16,18H,2,4-5,8-9,12-13H2,1H3. The van der Waals surface area contributed by atoms with E-state index in [1.165, 1.54) is 39.2 Å². The summed E-state index contributed by atoms with van der Waals surface area (Å²) < 4.78 is 4.91. The Morgan fingerprint density at radius 1 is 1.25 bits per heavy atom. The van der Waals surface area contributed by atoms with Gasteiger partial charge in [-0.2, -0.15) is 0 Å². The van der Waals surface area contributed by atoms with Crippen LogP contribution in [0.1, 0.15) is 50.1 Å². The second-order valence-electron chi connectivity index (χ2n) is 5.61. The normalized spacial score (nSPS) is 17.6. The molecule has 3 heteroatoms. The summed E-state index contributed by atoms with van der Waals surface area (Å²) in [5.74, 6) is 0.616. The molecule has 1 fully saturated rings. The predicted molar refractivity (Wildman–Crippen MR) is 80.4 cm³/mol. The third-order valence-electron chi connectivity index (χ3n) is 4.20. The van der Waals surface area contributed by atoms with E-state index < -0.39 is 0 Å². The second-order valence-corrected chi connectivity index (χ2v) is 5.61. The van der Waals surface area contributed by atoms with Gasteiger partial charge in [-0.05, 0) is 24.4 Å². The third-order valence-corrected chi connectivity index (χ3v) is 4.20. The van der Waals surface area contributed by atoms with Crippen LogP contribution in [0.3, 0.4) is 0 Å². The Morgan fingerprint density at radius 3 is 2.60 bits per heavy atom. The van der Waals surface area contributed by atoms with Crippen molar-refractivity contribution in [3.63, 3.8) is 0 Å². The molecule has 1 saturated carbocycles. The van der Waals surface area contributed by atoms with Crippen LogP contribution in [0.2, 0.25) is 0 Å². The van der Waals surface area contributed by atoms with E-state index in [0.29, 0.717) is 0 Å². The van der Waals surface area contributed by atoms with Crippen LogP contribution in [0.5, 0.6) is 0 Å². The number of hydrogen-bond donors (Lipinski definition) is 1. The number of rotatable bonds is 6. The number of carbonyl (C=O) groups excluding carboxylic acids is 1. The fourth-order valence-corrected chi connectivity index (χ4v) is 3.01. The highest BCUT2D eigenvalue weighted by Gasteiger charge is 2.21. The first-order valence-corrected chi connectivity index (χ1v) is 7.67. The highest BCUT2D eigenvalue weighted by molar-refractivity contribution is 5.77. The van der Waals surface area contributed by atoms with E-state index in [0.717, 1.165) is 24.4 Å². The number of ether oxygens (including phenoxy) is 1. The van der Waals surface area contributed by atoms with Gasteiger partial charge < -0.3 is 10.1 Å². The molecule has 2 rings (SSSR count). The van der Waals surface area contributed by atoms with Crippen molar-refractivity contribution in [2.24, 2.45) is 5.92 Å². The number of nitrogens with one attached hydrogen (secondary N) is 1. The molecule has 1 atom stereocenters. The molecule has 1 unspecified atom stereocenters. The lowest BCUT2D eigenvalue weighted by Crippen LogP contribution is -2.31. The van der Waals surface area contributed by atoms with Crippen molar-refractivity contribution in [2.75, 3.05) is 13.7 Å². The average molecular weight is 275 g/mol. The maximum absolute atomic E-state index is 11.9. The molecule has 1 aliphatic rings. The van der Waals surface area contributed by atoms with Gasteiger partial charge in [0.1, 0.15) is 6.04 Å². The van der Waals surface area contributed by atoms with Crippen molar-refractivity contribution in [3.05, 3.63) is 35.9 Å². The summed E-state index contributed by atoms with van der Waals surface area (Å²) in [4.78, 5) is 11.9. The van der Waals surface area contributed by atoms with E-state index in [4.69, 9.17) is 4.74 Å². The van der Waals surface area contributed by atoms with E-state index in [9.17, 15) is 4.79 Å². The topological polar surface area (TPSA) is 38.3 Å². The largest absolute Gasteiger partial charge is 0.468 e. The van der Waals surface area contributed by atoms with Gasteiger partial charge in [0.05, 0.1) is 7.11 Å². The molecular weight excluding hydrogens is 250 g/mol. The van der Waals surface area contributed by atoms with Gasteiger partial charge in [-0.1, -0.05) is 62.4 Å². The van der Waals surface area contributed by atoms with Crippen molar-refractivity contribution in [3.8, 4) is 0 Å². The average Bonchev–Trinajstić information content (AvgIpc) is 2.53.